The van der Waals surface area contributed by atoms with Crippen molar-refractivity contribution in [3.8, 4) is 11.5 Å². The number of hydrogen-bond donors (Lipinski definition) is 3. The van der Waals surface area contributed by atoms with Gasteiger partial charge in [-0.2, -0.15) is 5.11 Å². The van der Waals surface area contributed by atoms with E-state index in [0.717, 1.165) is 18.4 Å². The van der Waals surface area contributed by atoms with Crippen molar-refractivity contribution in [2.75, 3.05) is 31.3 Å². The van der Waals surface area contributed by atoms with E-state index in [2.05, 4.69) is 19.7 Å². The van der Waals surface area contributed by atoms with Crippen molar-refractivity contribution in [3.05, 3.63) is 42.5 Å². The highest BCUT2D eigenvalue weighted by atomic mass is 35.7. The molecule has 0 saturated heterocycles. The Kier molecular flexibility index (Phi) is 9.57. The molecule has 0 unspecified atom stereocenters. The number of fused-ring (bicyclic) bond motifs is 1. The summed E-state index contributed by atoms with van der Waals surface area (Å²) in [5.74, 6) is -0.687. The Morgan fingerprint density at radius 1 is 0.951 bits per heavy atom. The van der Waals surface area contributed by atoms with Crippen LogP contribution in [0.2, 0.25) is 0 Å². The maximum Gasteiger partial charge on any atom is 0.265 e. The molecule has 0 spiro atoms. The van der Waals surface area contributed by atoms with Crippen LogP contribution in [0.1, 0.15) is 20.8 Å². The second kappa shape index (κ2) is 12.1. The van der Waals surface area contributed by atoms with Gasteiger partial charge in [-0.05, 0) is 51.1 Å². The minimum Gasteiger partial charge on any atom is -0.506 e. The maximum atomic E-state index is 13.2. The third-order valence-corrected chi connectivity index (χ3v) is 8.82. The van der Waals surface area contributed by atoms with Crippen LogP contribution in [-0.2, 0) is 33.8 Å². The average Bonchev–Trinajstić information content (AvgIpc) is 2.81. The van der Waals surface area contributed by atoms with Crippen LogP contribution in [0.3, 0.4) is 0 Å². The van der Waals surface area contributed by atoms with Crippen molar-refractivity contribution in [1.29, 1.82) is 0 Å². The van der Waals surface area contributed by atoms with Crippen LogP contribution >= 0.6 is 10.7 Å². The Morgan fingerprint density at radius 3 is 2.22 bits per heavy atom. The van der Waals surface area contributed by atoms with E-state index in [1.54, 1.807) is 20.8 Å². The number of phenols is 1. The molecule has 0 bridgehead atoms. The van der Waals surface area contributed by atoms with E-state index in [0.29, 0.717) is 0 Å². The zero-order valence-corrected chi connectivity index (χ0v) is 25.9. The number of methoxy groups -OCH3 is 1. The van der Waals surface area contributed by atoms with E-state index in [-0.39, 0.29) is 51.7 Å². The first-order chi connectivity index (χ1) is 18.8. The monoisotopic (exact) mass is 648 g/mol. The summed E-state index contributed by atoms with van der Waals surface area (Å²) >= 11 is 0. The van der Waals surface area contributed by atoms with Crippen LogP contribution in [0.15, 0.2) is 62.5 Å². The number of anilines is 1. The summed E-state index contributed by atoms with van der Waals surface area (Å²) in [6.45, 7) is 5.08. The van der Waals surface area contributed by atoms with Gasteiger partial charge in [-0.25, -0.2) is 30.0 Å². The molecule has 0 aromatic heterocycles. The third-order valence-electron chi connectivity index (χ3n) is 5.11. The lowest BCUT2D eigenvalue weighted by molar-refractivity contribution is 0.144. The smallest absolute Gasteiger partial charge is 0.265 e. The molecule has 224 valence electrons. The van der Waals surface area contributed by atoms with Crippen molar-refractivity contribution < 1.29 is 39.8 Å². The zero-order valence-electron chi connectivity index (χ0n) is 22.7. The van der Waals surface area contributed by atoms with E-state index in [1.165, 1.54) is 37.4 Å². The van der Waals surface area contributed by atoms with Crippen LogP contribution in [0.5, 0.6) is 11.5 Å². The molecule has 41 heavy (non-hydrogen) atoms. The van der Waals surface area contributed by atoms with E-state index < -0.39 is 45.3 Å². The fourth-order valence-electron chi connectivity index (χ4n) is 3.66. The van der Waals surface area contributed by atoms with Crippen LogP contribution in [0.4, 0.5) is 17.1 Å². The average molecular weight is 649 g/mol. The highest BCUT2D eigenvalue weighted by molar-refractivity contribution is 8.13. The Hall–Kier alpha value is -3.02. The number of benzene rings is 3. The Bertz CT molecular complexity index is 1820. The number of sulfonamides is 2. The van der Waals surface area contributed by atoms with Gasteiger partial charge in [0, 0.05) is 34.1 Å². The highest BCUT2D eigenvalue weighted by Crippen LogP contribution is 2.43. The number of halogens is 1. The van der Waals surface area contributed by atoms with Crippen molar-refractivity contribution in [1.82, 2.24) is 4.72 Å². The molecule has 13 nitrogen and oxygen atoms in total. The minimum absolute atomic E-state index is 0.00433. The number of hydrogen-bond acceptors (Lipinski definition) is 11. The van der Waals surface area contributed by atoms with Gasteiger partial charge in [0.25, 0.3) is 9.05 Å². The molecule has 0 aliphatic carbocycles. The lowest BCUT2D eigenvalue weighted by Crippen LogP contribution is -2.40. The summed E-state index contributed by atoms with van der Waals surface area (Å²) < 4.78 is 89.9. The van der Waals surface area contributed by atoms with E-state index in [9.17, 15) is 30.4 Å². The number of ether oxygens (including phenoxy) is 2. The van der Waals surface area contributed by atoms with E-state index in [4.69, 9.17) is 20.2 Å². The summed E-state index contributed by atoms with van der Waals surface area (Å²) in [6, 6.07) is 9.03. The highest BCUT2D eigenvalue weighted by Gasteiger charge is 2.28. The summed E-state index contributed by atoms with van der Waals surface area (Å²) in [5.41, 5.74) is -1.06. The summed E-state index contributed by atoms with van der Waals surface area (Å²) in [5, 5.41) is 19.2. The molecule has 0 saturated carbocycles. The molecule has 3 aromatic rings. The topological polar surface area (TPSA) is 190 Å². The molecule has 17 heteroatoms. The lowest BCUT2D eigenvalue weighted by Gasteiger charge is -2.21. The van der Waals surface area contributed by atoms with Crippen molar-refractivity contribution in [2.24, 2.45) is 10.2 Å². The first-order valence-corrected chi connectivity index (χ1v) is 17.4. The number of azo groups is 1. The van der Waals surface area contributed by atoms with Crippen molar-refractivity contribution >= 4 is 67.6 Å². The largest absolute Gasteiger partial charge is 0.506 e. The van der Waals surface area contributed by atoms with Crippen LogP contribution in [-0.4, -0.2) is 62.5 Å². The van der Waals surface area contributed by atoms with E-state index in [1.807, 2.05) is 0 Å². The fourth-order valence-corrected chi connectivity index (χ4v) is 6.77. The molecular weight excluding hydrogens is 620 g/mol. The number of nitrogens with one attached hydrogen (secondary N) is 2. The van der Waals surface area contributed by atoms with Crippen LogP contribution in [0.25, 0.3) is 10.8 Å². The Balaban J connectivity index is 2.27. The second-order valence-electron chi connectivity index (χ2n) is 9.81. The quantitative estimate of drug-likeness (QED) is 0.154. The Morgan fingerprint density at radius 2 is 1.63 bits per heavy atom. The van der Waals surface area contributed by atoms with Gasteiger partial charge >= 0.3 is 0 Å². The minimum atomic E-state index is -4.30. The van der Waals surface area contributed by atoms with Crippen molar-refractivity contribution in [2.45, 2.75) is 36.1 Å². The third kappa shape index (κ3) is 8.50. The second-order valence-corrected chi connectivity index (χ2v) is 15.7. The number of aromatic hydroxyl groups is 1. The van der Waals surface area contributed by atoms with Crippen LogP contribution < -0.4 is 14.2 Å². The van der Waals surface area contributed by atoms with Crippen LogP contribution in [0, 0.1) is 0 Å². The lowest BCUT2D eigenvalue weighted by atomic mass is 10.1. The summed E-state index contributed by atoms with van der Waals surface area (Å²) in [7, 11) is -5.34. The number of rotatable bonds is 11. The molecule has 3 N–H and O–H groups in total. The van der Waals surface area contributed by atoms with Gasteiger partial charge in [-0.3, -0.25) is 4.72 Å². The molecule has 3 aromatic carbocycles. The van der Waals surface area contributed by atoms with E-state index >= 15 is 0 Å². The molecule has 0 fully saturated rings. The van der Waals surface area contributed by atoms with Crippen molar-refractivity contribution in [3.63, 3.8) is 0 Å². The predicted molar refractivity (Wildman–Crippen MR) is 155 cm³/mol. The molecule has 0 atom stereocenters. The van der Waals surface area contributed by atoms with Gasteiger partial charge in [0.15, 0.2) is 0 Å². The SMILES string of the molecule is COCCOc1ccc(N=Nc2cc(S(=O)(=O)NC(C)(C)C)c(O)c3cccc(NS(C)(=O)=O)c23)cc1S(=O)(=O)Cl. The van der Waals surface area contributed by atoms with Gasteiger partial charge in [0.1, 0.15) is 27.9 Å². The molecule has 0 amide bonds. The fraction of sp³-hybridized carbons (Fsp3) is 0.333. The predicted octanol–water partition coefficient (Wildman–Crippen LogP) is 4.36. The van der Waals surface area contributed by atoms with Gasteiger partial charge in [0.05, 0.1) is 29.9 Å². The molecule has 0 aliphatic heterocycles. The van der Waals surface area contributed by atoms with Gasteiger partial charge < -0.3 is 14.6 Å². The molecule has 0 heterocycles. The molecule has 0 radical (unpaired) electrons. The molecular formula is C24H29ClN4O9S3. The standard InChI is InChI=1S/C24H29ClN4O9S3/c1-24(2,3)29-41(35,36)21-14-18(22-16(23(21)30)7-6-8-17(22)28-39(5,31)32)27-26-15-9-10-19(38-12-11-37-4)20(13-15)40(25,33)34/h6-10,13-14,28-30H,11-12H2,1-5H3. The Labute approximate surface area is 243 Å². The molecule has 0 aliphatic rings. The summed E-state index contributed by atoms with van der Waals surface area (Å²) in [6.07, 6.45) is 0.920. The first kappa shape index (κ1) is 32.5. The van der Waals surface area contributed by atoms with Gasteiger partial charge in [0.2, 0.25) is 20.0 Å². The molecule has 3 rings (SSSR count). The normalized spacial score (nSPS) is 13.1. The number of phenolic OH excluding ortho intramolecular Hbond substituents is 1. The number of nitrogens with zero attached hydrogens (tertiary/aromatic N) is 2. The van der Waals surface area contributed by atoms with Gasteiger partial charge in [-0.1, -0.05) is 12.1 Å². The van der Waals surface area contributed by atoms with Gasteiger partial charge in [-0.15, -0.1) is 5.11 Å². The zero-order chi connectivity index (χ0) is 30.8. The maximum absolute atomic E-state index is 13.2. The summed E-state index contributed by atoms with van der Waals surface area (Å²) in [4.78, 5) is -0.921. The first-order valence-electron chi connectivity index (χ1n) is 11.7.